The van der Waals surface area contributed by atoms with E-state index >= 15 is 0 Å². The molecule has 0 bridgehead atoms. The molecule has 0 aromatic carbocycles. The lowest BCUT2D eigenvalue weighted by molar-refractivity contribution is -0.0437. The Hall–Kier alpha value is -0.960. The van der Waals surface area contributed by atoms with Crippen LogP contribution in [0.1, 0.15) is 30.7 Å². The van der Waals surface area contributed by atoms with Gasteiger partial charge in [0.1, 0.15) is 6.07 Å². The van der Waals surface area contributed by atoms with E-state index in [2.05, 4.69) is 4.98 Å². The second-order valence-electron chi connectivity index (χ2n) is 3.38. The predicted octanol–water partition coefficient (Wildman–Crippen LogP) is 1.80. The molecule has 0 aliphatic rings. The lowest BCUT2D eigenvalue weighted by Crippen LogP contribution is -2.24. The summed E-state index contributed by atoms with van der Waals surface area (Å²) in [7, 11) is 0. The molecule has 0 saturated carbocycles. The molecule has 3 atom stereocenters. The van der Waals surface area contributed by atoms with Gasteiger partial charge < -0.3 is 9.84 Å². The van der Waals surface area contributed by atoms with Gasteiger partial charge >= 0.3 is 0 Å². The summed E-state index contributed by atoms with van der Waals surface area (Å²) in [5.41, 5.74) is 0.618. The van der Waals surface area contributed by atoms with Crippen molar-refractivity contribution in [1.29, 1.82) is 5.26 Å². The molecule has 1 aromatic heterocycles. The Kier molecular flexibility index (Phi) is 4.21. The van der Waals surface area contributed by atoms with E-state index in [1.807, 2.05) is 13.0 Å². The molecule has 0 aliphatic heterocycles. The number of aromatic nitrogens is 1. The van der Waals surface area contributed by atoms with Gasteiger partial charge in [0.05, 0.1) is 22.9 Å². The van der Waals surface area contributed by atoms with Crippen LogP contribution < -0.4 is 0 Å². The van der Waals surface area contributed by atoms with Crippen molar-refractivity contribution in [2.45, 2.75) is 39.1 Å². The first kappa shape index (κ1) is 12.1. The van der Waals surface area contributed by atoms with Crippen LogP contribution in [0.2, 0.25) is 0 Å². The third kappa shape index (κ3) is 3.27. The molecule has 1 N–H and O–H groups in total. The van der Waals surface area contributed by atoms with Gasteiger partial charge in [0.2, 0.25) is 0 Å². The third-order valence-corrected chi connectivity index (χ3v) is 2.84. The molecular formula is C10H14N2O2S. The third-order valence-electron chi connectivity index (χ3n) is 2.05. The van der Waals surface area contributed by atoms with Crippen molar-refractivity contribution in [2.24, 2.45) is 0 Å². The molecule has 0 aliphatic carbocycles. The summed E-state index contributed by atoms with van der Waals surface area (Å²) in [6.07, 6.45) is -1.67. The van der Waals surface area contributed by atoms with Gasteiger partial charge in [-0.1, -0.05) is 0 Å². The second-order valence-corrected chi connectivity index (χ2v) is 4.44. The molecule has 0 fully saturated rings. The second kappa shape index (κ2) is 5.21. The molecule has 3 unspecified atom stereocenters. The van der Waals surface area contributed by atoms with E-state index in [1.165, 1.54) is 11.3 Å². The van der Waals surface area contributed by atoms with E-state index in [1.54, 1.807) is 19.2 Å². The van der Waals surface area contributed by atoms with E-state index < -0.39 is 12.2 Å². The van der Waals surface area contributed by atoms with Crippen LogP contribution in [0.15, 0.2) is 5.38 Å². The average Bonchev–Trinajstić information content (AvgIpc) is 2.60. The maximum absolute atomic E-state index is 9.27. The van der Waals surface area contributed by atoms with Crippen molar-refractivity contribution in [3.63, 3.8) is 0 Å². The van der Waals surface area contributed by atoms with Gasteiger partial charge in [0.25, 0.3) is 0 Å². The van der Waals surface area contributed by atoms with Gasteiger partial charge in [-0.25, -0.2) is 4.98 Å². The molecule has 15 heavy (non-hydrogen) atoms. The van der Waals surface area contributed by atoms with E-state index in [-0.39, 0.29) is 6.10 Å². The van der Waals surface area contributed by atoms with Crippen LogP contribution >= 0.6 is 11.3 Å². The quantitative estimate of drug-likeness (QED) is 0.850. The van der Waals surface area contributed by atoms with Gasteiger partial charge in [-0.2, -0.15) is 5.26 Å². The van der Waals surface area contributed by atoms with Crippen molar-refractivity contribution in [3.8, 4) is 6.07 Å². The summed E-state index contributed by atoms with van der Waals surface area (Å²) < 4.78 is 5.39. The molecule has 5 heteroatoms. The Bertz CT molecular complexity index is 357. The molecule has 0 spiro atoms. The van der Waals surface area contributed by atoms with Gasteiger partial charge in [-0.05, 0) is 20.8 Å². The van der Waals surface area contributed by atoms with Crippen molar-refractivity contribution >= 4 is 11.3 Å². The standard InChI is InChI=1S/C10H14N2O2S/c1-6(13)7(2)14-10(4-11)9-5-15-8(3)12-9/h5-7,10,13H,1-3H3. The van der Waals surface area contributed by atoms with Crippen LogP contribution in [0.25, 0.3) is 0 Å². The number of aryl methyl sites for hydroxylation is 1. The number of thiazole rings is 1. The first-order chi connectivity index (χ1) is 7.04. The number of aliphatic hydroxyl groups is 1. The minimum absolute atomic E-state index is 0.378. The summed E-state index contributed by atoms with van der Waals surface area (Å²) in [4.78, 5) is 4.18. The monoisotopic (exact) mass is 226 g/mol. The highest BCUT2D eigenvalue weighted by Gasteiger charge is 2.19. The fourth-order valence-corrected chi connectivity index (χ4v) is 1.62. The summed E-state index contributed by atoms with van der Waals surface area (Å²) in [6, 6.07) is 2.03. The fourth-order valence-electron chi connectivity index (χ4n) is 0.995. The Balaban J connectivity index is 2.70. The fraction of sp³-hybridized carbons (Fsp3) is 0.600. The average molecular weight is 226 g/mol. The molecule has 1 heterocycles. The highest BCUT2D eigenvalue weighted by molar-refractivity contribution is 7.09. The molecular weight excluding hydrogens is 212 g/mol. The zero-order valence-corrected chi connectivity index (χ0v) is 9.78. The molecule has 1 rings (SSSR count). The zero-order valence-electron chi connectivity index (χ0n) is 8.97. The van der Waals surface area contributed by atoms with Crippen molar-refractivity contribution in [3.05, 3.63) is 16.1 Å². The van der Waals surface area contributed by atoms with Crippen molar-refractivity contribution < 1.29 is 9.84 Å². The van der Waals surface area contributed by atoms with Gasteiger partial charge in [-0.15, -0.1) is 11.3 Å². The summed E-state index contributed by atoms with van der Waals surface area (Å²) >= 11 is 1.48. The Morgan fingerprint density at radius 1 is 1.60 bits per heavy atom. The lowest BCUT2D eigenvalue weighted by atomic mass is 10.2. The van der Waals surface area contributed by atoms with Crippen molar-refractivity contribution in [1.82, 2.24) is 4.98 Å². The normalized spacial score (nSPS) is 16.7. The number of ether oxygens (including phenoxy) is 1. The van der Waals surface area contributed by atoms with Crippen LogP contribution in [0, 0.1) is 18.3 Å². The van der Waals surface area contributed by atoms with Crippen LogP contribution in [-0.4, -0.2) is 22.3 Å². The van der Waals surface area contributed by atoms with Gasteiger partial charge in [0, 0.05) is 5.38 Å². The Morgan fingerprint density at radius 2 is 2.27 bits per heavy atom. The highest BCUT2D eigenvalue weighted by Crippen LogP contribution is 2.21. The smallest absolute Gasteiger partial charge is 0.187 e. The largest absolute Gasteiger partial charge is 0.391 e. The van der Waals surface area contributed by atoms with E-state index in [0.717, 1.165) is 5.01 Å². The molecule has 1 aromatic rings. The van der Waals surface area contributed by atoms with Crippen LogP contribution in [0.4, 0.5) is 0 Å². The Morgan fingerprint density at radius 3 is 2.67 bits per heavy atom. The van der Waals surface area contributed by atoms with Gasteiger partial charge in [-0.3, -0.25) is 0 Å². The van der Waals surface area contributed by atoms with Crippen LogP contribution in [0.3, 0.4) is 0 Å². The number of nitriles is 1. The number of hydrogen-bond acceptors (Lipinski definition) is 5. The van der Waals surface area contributed by atoms with Crippen LogP contribution in [0.5, 0.6) is 0 Å². The van der Waals surface area contributed by atoms with Crippen LogP contribution in [-0.2, 0) is 4.74 Å². The maximum Gasteiger partial charge on any atom is 0.187 e. The number of nitrogens with zero attached hydrogens (tertiary/aromatic N) is 2. The summed E-state index contributed by atoms with van der Waals surface area (Å²) in [5.74, 6) is 0. The van der Waals surface area contributed by atoms with E-state index in [9.17, 15) is 5.11 Å². The number of rotatable bonds is 4. The Labute approximate surface area is 93.1 Å². The maximum atomic E-state index is 9.27. The number of hydrogen-bond donors (Lipinski definition) is 1. The topological polar surface area (TPSA) is 66.1 Å². The zero-order chi connectivity index (χ0) is 11.4. The minimum Gasteiger partial charge on any atom is -0.391 e. The molecule has 4 nitrogen and oxygen atoms in total. The first-order valence-corrected chi connectivity index (χ1v) is 5.57. The van der Waals surface area contributed by atoms with E-state index in [4.69, 9.17) is 10.00 Å². The van der Waals surface area contributed by atoms with E-state index in [0.29, 0.717) is 5.69 Å². The lowest BCUT2D eigenvalue weighted by Gasteiger charge is -2.18. The molecule has 0 saturated heterocycles. The predicted molar refractivity (Wildman–Crippen MR) is 57.4 cm³/mol. The van der Waals surface area contributed by atoms with Gasteiger partial charge in [0.15, 0.2) is 6.10 Å². The molecule has 82 valence electrons. The summed E-state index contributed by atoms with van der Waals surface area (Å²) in [6.45, 7) is 5.24. The minimum atomic E-state index is -0.695. The molecule has 0 amide bonds. The number of aliphatic hydroxyl groups excluding tert-OH is 1. The summed E-state index contributed by atoms with van der Waals surface area (Å²) in [5, 5.41) is 20.9. The highest BCUT2D eigenvalue weighted by atomic mass is 32.1. The SMILES string of the molecule is Cc1nc(C(C#N)OC(C)C(C)O)cs1. The van der Waals surface area contributed by atoms with Crippen molar-refractivity contribution in [2.75, 3.05) is 0 Å². The molecule has 0 radical (unpaired) electrons. The first-order valence-electron chi connectivity index (χ1n) is 4.69.